The molecule has 2 aromatic heterocycles. The van der Waals surface area contributed by atoms with Crippen LogP contribution in [0.15, 0.2) is 29.1 Å². The molecule has 8 heteroatoms. The van der Waals surface area contributed by atoms with Crippen molar-refractivity contribution in [3.05, 3.63) is 68.7 Å². The van der Waals surface area contributed by atoms with Gasteiger partial charge in [-0.1, -0.05) is 23.8 Å². The first-order valence-corrected chi connectivity index (χ1v) is 10.3. The van der Waals surface area contributed by atoms with Crippen LogP contribution in [0, 0.1) is 20.8 Å². The number of carbonyl (C=O) groups is 1. The van der Waals surface area contributed by atoms with Crippen molar-refractivity contribution in [1.82, 2.24) is 29.4 Å². The summed E-state index contributed by atoms with van der Waals surface area (Å²) in [4.78, 5) is 25.9. The molecule has 0 aliphatic carbocycles. The van der Waals surface area contributed by atoms with Crippen molar-refractivity contribution >= 4 is 5.91 Å². The third-order valence-electron chi connectivity index (χ3n) is 5.82. The molecule has 4 rings (SSSR count). The summed E-state index contributed by atoms with van der Waals surface area (Å²) >= 11 is 0. The highest BCUT2D eigenvalue weighted by Crippen LogP contribution is 2.25. The van der Waals surface area contributed by atoms with Gasteiger partial charge >= 0.3 is 5.69 Å². The molecule has 8 nitrogen and oxygen atoms in total. The number of aromatic nitrogens is 5. The van der Waals surface area contributed by atoms with E-state index in [1.807, 2.05) is 33.9 Å². The minimum atomic E-state index is -0.416. The van der Waals surface area contributed by atoms with Crippen LogP contribution in [0.3, 0.4) is 0 Å². The number of fused-ring (bicyclic) bond motifs is 1. The molecule has 1 aliphatic heterocycles. The summed E-state index contributed by atoms with van der Waals surface area (Å²) in [5.41, 5.74) is 5.05. The molecule has 158 valence electrons. The van der Waals surface area contributed by atoms with Crippen molar-refractivity contribution in [1.29, 1.82) is 0 Å². The van der Waals surface area contributed by atoms with E-state index in [1.54, 1.807) is 9.25 Å². The molecule has 1 atom stereocenters. The van der Waals surface area contributed by atoms with Gasteiger partial charge in [0.05, 0.1) is 30.4 Å². The fourth-order valence-corrected chi connectivity index (χ4v) is 4.12. The number of amides is 1. The van der Waals surface area contributed by atoms with Crippen molar-refractivity contribution in [2.75, 3.05) is 0 Å². The third-order valence-corrected chi connectivity index (χ3v) is 5.82. The number of aryl methyl sites for hydroxylation is 4. The summed E-state index contributed by atoms with van der Waals surface area (Å²) in [6.45, 7) is 7.41. The highest BCUT2D eigenvalue weighted by atomic mass is 16.2. The molecule has 0 radical (unpaired) electrons. The summed E-state index contributed by atoms with van der Waals surface area (Å²) < 4.78 is 4.92. The maximum Gasteiger partial charge on any atom is 0.346 e. The summed E-state index contributed by atoms with van der Waals surface area (Å²) in [6, 6.07) is 8.15. The lowest BCUT2D eigenvalue weighted by atomic mass is 9.98. The van der Waals surface area contributed by atoms with Crippen molar-refractivity contribution in [2.24, 2.45) is 7.05 Å². The summed E-state index contributed by atoms with van der Waals surface area (Å²) in [6.07, 6.45) is 1.47. The smallest absolute Gasteiger partial charge is 0.346 e. The Balaban J connectivity index is 1.55. The standard InChI is InChI=1S/C22H28N6O2/c1-14-7-8-15(2)17(10-14)13-28-22(30)27-9-5-6-19(20(27)25-28)21(29)23-12-18-11-16(3)24-26(18)4/h7-8,10-11,19H,5-6,9,12-13H2,1-4H3,(H,23,29). The monoisotopic (exact) mass is 408 g/mol. The van der Waals surface area contributed by atoms with E-state index in [0.29, 0.717) is 31.9 Å². The Morgan fingerprint density at radius 1 is 1.20 bits per heavy atom. The zero-order valence-corrected chi connectivity index (χ0v) is 18.0. The predicted molar refractivity (Wildman–Crippen MR) is 113 cm³/mol. The number of rotatable bonds is 5. The SMILES string of the molecule is Cc1ccc(C)c(Cn2nc3n(c2=O)CCCC3C(=O)NCc2cc(C)nn2C)c1. The van der Waals surface area contributed by atoms with Crippen molar-refractivity contribution < 1.29 is 4.79 Å². The molecular formula is C22H28N6O2. The Bertz CT molecular complexity index is 1150. The van der Waals surface area contributed by atoms with E-state index >= 15 is 0 Å². The van der Waals surface area contributed by atoms with E-state index < -0.39 is 5.92 Å². The minimum Gasteiger partial charge on any atom is -0.350 e. The second-order valence-electron chi connectivity index (χ2n) is 8.19. The molecule has 0 fully saturated rings. The molecule has 1 amide bonds. The zero-order chi connectivity index (χ0) is 21.4. The van der Waals surface area contributed by atoms with Crippen LogP contribution in [-0.2, 0) is 31.5 Å². The molecule has 0 spiro atoms. The van der Waals surface area contributed by atoms with E-state index in [-0.39, 0.29) is 11.6 Å². The predicted octanol–water partition coefficient (Wildman–Crippen LogP) is 1.95. The summed E-state index contributed by atoms with van der Waals surface area (Å²) in [5.74, 6) is 0.0505. The lowest BCUT2D eigenvalue weighted by molar-refractivity contribution is -0.123. The number of hydrogen-bond donors (Lipinski definition) is 1. The van der Waals surface area contributed by atoms with E-state index in [9.17, 15) is 9.59 Å². The van der Waals surface area contributed by atoms with Gasteiger partial charge in [-0.05, 0) is 50.8 Å². The number of nitrogens with one attached hydrogen (secondary N) is 1. The van der Waals surface area contributed by atoms with Crippen molar-refractivity contribution in [3.8, 4) is 0 Å². The topological polar surface area (TPSA) is 86.7 Å². The highest BCUT2D eigenvalue weighted by molar-refractivity contribution is 5.82. The van der Waals surface area contributed by atoms with E-state index in [4.69, 9.17) is 0 Å². The summed E-state index contributed by atoms with van der Waals surface area (Å²) in [5, 5.41) is 11.9. The molecule has 0 saturated carbocycles. The molecular weight excluding hydrogens is 380 g/mol. The maximum absolute atomic E-state index is 12.9. The lowest BCUT2D eigenvalue weighted by Crippen LogP contribution is -2.35. The Labute approximate surface area is 175 Å². The molecule has 3 heterocycles. The van der Waals surface area contributed by atoms with Gasteiger partial charge < -0.3 is 5.32 Å². The second kappa shape index (κ2) is 7.93. The zero-order valence-electron chi connectivity index (χ0n) is 18.0. The van der Waals surface area contributed by atoms with Gasteiger partial charge in [-0.3, -0.25) is 14.0 Å². The average Bonchev–Trinajstić information content (AvgIpc) is 3.21. The first-order valence-electron chi connectivity index (χ1n) is 10.3. The van der Waals surface area contributed by atoms with E-state index in [0.717, 1.165) is 34.5 Å². The van der Waals surface area contributed by atoms with Crippen LogP contribution < -0.4 is 11.0 Å². The normalized spacial score (nSPS) is 15.8. The molecule has 0 saturated heterocycles. The highest BCUT2D eigenvalue weighted by Gasteiger charge is 2.31. The van der Waals surface area contributed by atoms with Gasteiger partial charge in [0, 0.05) is 13.6 Å². The fourth-order valence-electron chi connectivity index (χ4n) is 4.12. The van der Waals surface area contributed by atoms with Gasteiger partial charge in [-0.2, -0.15) is 10.2 Å². The van der Waals surface area contributed by atoms with Gasteiger partial charge in [0.2, 0.25) is 5.91 Å². The van der Waals surface area contributed by atoms with Gasteiger partial charge in [-0.15, -0.1) is 0 Å². The van der Waals surface area contributed by atoms with Crippen LogP contribution in [0.4, 0.5) is 0 Å². The largest absolute Gasteiger partial charge is 0.350 e. The van der Waals surface area contributed by atoms with Crippen molar-refractivity contribution in [3.63, 3.8) is 0 Å². The van der Waals surface area contributed by atoms with Crippen LogP contribution >= 0.6 is 0 Å². The first kappa shape index (κ1) is 20.1. The minimum absolute atomic E-state index is 0.0984. The van der Waals surface area contributed by atoms with Crippen LogP contribution in [0.1, 0.15) is 52.7 Å². The Morgan fingerprint density at radius 2 is 2.00 bits per heavy atom. The van der Waals surface area contributed by atoms with Gasteiger partial charge in [0.25, 0.3) is 0 Å². The number of hydrogen-bond acceptors (Lipinski definition) is 4. The molecule has 0 bridgehead atoms. The van der Waals surface area contributed by atoms with Crippen LogP contribution in [0.25, 0.3) is 0 Å². The van der Waals surface area contributed by atoms with E-state index in [1.165, 1.54) is 4.68 Å². The van der Waals surface area contributed by atoms with Gasteiger partial charge in [0.1, 0.15) is 5.82 Å². The molecule has 30 heavy (non-hydrogen) atoms. The number of carbonyl (C=O) groups excluding carboxylic acids is 1. The summed E-state index contributed by atoms with van der Waals surface area (Å²) in [7, 11) is 1.86. The Kier molecular flexibility index (Phi) is 5.32. The van der Waals surface area contributed by atoms with Crippen molar-refractivity contribution in [2.45, 2.75) is 59.2 Å². The second-order valence-corrected chi connectivity index (χ2v) is 8.19. The maximum atomic E-state index is 12.9. The third kappa shape index (κ3) is 3.81. The van der Waals surface area contributed by atoms with Crippen LogP contribution in [0.5, 0.6) is 0 Å². The quantitative estimate of drug-likeness (QED) is 0.699. The molecule has 3 aromatic rings. The molecule has 1 unspecified atom stereocenters. The van der Waals surface area contributed by atoms with E-state index in [2.05, 4.69) is 33.7 Å². The average molecular weight is 409 g/mol. The number of benzene rings is 1. The van der Waals surface area contributed by atoms with Crippen LogP contribution in [0.2, 0.25) is 0 Å². The van der Waals surface area contributed by atoms with Crippen LogP contribution in [-0.4, -0.2) is 30.0 Å². The lowest BCUT2D eigenvalue weighted by Gasteiger charge is -2.21. The Morgan fingerprint density at radius 3 is 2.73 bits per heavy atom. The van der Waals surface area contributed by atoms with Gasteiger partial charge in [-0.25, -0.2) is 9.48 Å². The number of nitrogens with zero attached hydrogens (tertiary/aromatic N) is 5. The first-order chi connectivity index (χ1) is 14.3. The van der Waals surface area contributed by atoms with Gasteiger partial charge in [0.15, 0.2) is 0 Å². The fraction of sp³-hybridized carbons (Fsp3) is 0.455. The molecule has 1 aliphatic rings. The Hall–Kier alpha value is -3.16. The molecule has 1 N–H and O–H groups in total. The molecule has 1 aromatic carbocycles.